The van der Waals surface area contributed by atoms with Gasteiger partial charge in [-0.25, -0.2) is 4.98 Å². The average Bonchev–Trinajstić information content (AvgIpc) is 2.37. The lowest BCUT2D eigenvalue weighted by Crippen LogP contribution is -2.12. The van der Waals surface area contributed by atoms with Gasteiger partial charge in [-0.3, -0.25) is 4.79 Å². The lowest BCUT2D eigenvalue weighted by molar-refractivity contribution is 0.102. The predicted octanol–water partition coefficient (Wildman–Crippen LogP) is 4.71. The second-order valence-electron chi connectivity index (χ2n) is 3.91. The third-order valence-electron chi connectivity index (χ3n) is 2.45. The minimum absolute atomic E-state index is 0.235. The molecule has 2 rings (SSSR count). The SMILES string of the molecule is Cc1cc(NC(=O)c2ccc(Cl)c(Br)c2)cnc1Cl. The highest BCUT2D eigenvalue weighted by atomic mass is 79.9. The van der Waals surface area contributed by atoms with Gasteiger partial charge >= 0.3 is 0 Å². The van der Waals surface area contributed by atoms with Crippen LogP contribution in [-0.2, 0) is 0 Å². The highest BCUT2D eigenvalue weighted by Gasteiger charge is 2.09. The number of carbonyl (C=O) groups excluding carboxylic acids is 1. The number of rotatable bonds is 2. The quantitative estimate of drug-likeness (QED) is 0.789. The summed E-state index contributed by atoms with van der Waals surface area (Å²) in [5, 5.41) is 3.73. The molecule has 3 nitrogen and oxygen atoms in total. The molecule has 2 aromatic rings. The zero-order valence-electron chi connectivity index (χ0n) is 9.88. The largest absolute Gasteiger partial charge is 0.321 e. The van der Waals surface area contributed by atoms with Gasteiger partial charge in [0.25, 0.3) is 5.91 Å². The zero-order valence-corrected chi connectivity index (χ0v) is 13.0. The van der Waals surface area contributed by atoms with E-state index in [0.29, 0.717) is 25.9 Å². The van der Waals surface area contributed by atoms with E-state index in [-0.39, 0.29) is 5.91 Å². The average molecular weight is 360 g/mol. The summed E-state index contributed by atoms with van der Waals surface area (Å²) in [6, 6.07) is 6.73. The summed E-state index contributed by atoms with van der Waals surface area (Å²) >= 11 is 15.0. The van der Waals surface area contributed by atoms with Crippen molar-refractivity contribution in [2.24, 2.45) is 0 Å². The fourth-order valence-electron chi connectivity index (χ4n) is 1.47. The molecule has 0 bridgehead atoms. The molecule has 1 N–H and O–H groups in total. The summed E-state index contributed by atoms with van der Waals surface area (Å²) in [5.74, 6) is -0.235. The summed E-state index contributed by atoms with van der Waals surface area (Å²) in [6.45, 7) is 1.82. The number of aromatic nitrogens is 1. The van der Waals surface area contributed by atoms with Crippen LogP contribution in [0.1, 0.15) is 15.9 Å². The standard InChI is InChI=1S/C13H9BrCl2N2O/c1-7-4-9(6-17-12(7)16)18-13(19)8-2-3-11(15)10(14)5-8/h2-6H,1H3,(H,18,19). The van der Waals surface area contributed by atoms with Crippen molar-refractivity contribution >= 4 is 50.7 Å². The fourth-order valence-corrected chi connectivity index (χ4v) is 2.07. The molecule has 0 spiro atoms. The van der Waals surface area contributed by atoms with E-state index in [1.807, 2.05) is 6.92 Å². The monoisotopic (exact) mass is 358 g/mol. The second kappa shape index (κ2) is 5.90. The Morgan fingerprint density at radius 2 is 2.05 bits per heavy atom. The Morgan fingerprint density at radius 3 is 2.68 bits per heavy atom. The van der Waals surface area contributed by atoms with Gasteiger partial charge in [0.05, 0.1) is 16.9 Å². The van der Waals surface area contributed by atoms with E-state index in [2.05, 4.69) is 26.2 Å². The van der Waals surface area contributed by atoms with Crippen LogP contribution in [0.4, 0.5) is 5.69 Å². The Balaban J connectivity index is 2.20. The molecule has 1 amide bonds. The molecule has 0 saturated heterocycles. The van der Waals surface area contributed by atoms with Crippen LogP contribution in [-0.4, -0.2) is 10.9 Å². The lowest BCUT2D eigenvalue weighted by atomic mass is 10.2. The topological polar surface area (TPSA) is 42.0 Å². The molecule has 6 heteroatoms. The first kappa shape index (κ1) is 14.3. The van der Waals surface area contributed by atoms with Crippen molar-refractivity contribution in [1.29, 1.82) is 0 Å². The van der Waals surface area contributed by atoms with Crippen molar-refractivity contribution < 1.29 is 4.79 Å². The molecule has 19 heavy (non-hydrogen) atoms. The molecule has 1 aromatic carbocycles. The van der Waals surface area contributed by atoms with Gasteiger partial charge in [0.1, 0.15) is 5.15 Å². The minimum atomic E-state index is -0.235. The molecule has 0 aliphatic heterocycles. The number of pyridine rings is 1. The molecule has 1 heterocycles. The first-order chi connectivity index (χ1) is 8.97. The van der Waals surface area contributed by atoms with Crippen LogP contribution in [0.15, 0.2) is 34.9 Å². The first-order valence-electron chi connectivity index (χ1n) is 5.36. The summed E-state index contributed by atoms with van der Waals surface area (Å²) in [5.41, 5.74) is 1.90. The van der Waals surface area contributed by atoms with Gasteiger partial charge in [-0.15, -0.1) is 0 Å². The zero-order chi connectivity index (χ0) is 14.0. The van der Waals surface area contributed by atoms with Crippen LogP contribution < -0.4 is 5.32 Å². The molecule has 0 unspecified atom stereocenters. The number of hydrogen-bond acceptors (Lipinski definition) is 2. The van der Waals surface area contributed by atoms with Crippen LogP contribution in [0, 0.1) is 6.92 Å². The molecule has 0 aliphatic rings. The van der Waals surface area contributed by atoms with Gasteiger partial charge in [0.2, 0.25) is 0 Å². The third kappa shape index (κ3) is 3.47. The van der Waals surface area contributed by atoms with Crippen molar-refractivity contribution in [2.45, 2.75) is 6.92 Å². The number of nitrogens with zero attached hydrogens (tertiary/aromatic N) is 1. The van der Waals surface area contributed by atoms with Crippen LogP contribution in [0.25, 0.3) is 0 Å². The predicted molar refractivity (Wildman–Crippen MR) is 81.1 cm³/mol. The summed E-state index contributed by atoms with van der Waals surface area (Å²) in [4.78, 5) is 16.0. The number of nitrogens with one attached hydrogen (secondary N) is 1. The summed E-state index contributed by atoms with van der Waals surface area (Å²) in [6.07, 6.45) is 1.51. The van der Waals surface area contributed by atoms with Crippen molar-refractivity contribution in [1.82, 2.24) is 4.98 Å². The number of anilines is 1. The van der Waals surface area contributed by atoms with Crippen molar-refractivity contribution in [3.63, 3.8) is 0 Å². The number of halogens is 3. The van der Waals surface area contributed by atoms with Crippen molar-refractivity contribution in [2.75, 3.05) is 5.32 Å². The van der Waals surface area contributed by atoms with E-state index in [1.165, 1.54) is 6.20 Å². The van der Waals surface area contributed by atoms with Crippen LogP contribution in [0.2, 0.25) is 10.2 Å². The number of hydrogen-bond donors (Lipinski definition) is 1. The van der Waals surface area contributed by atoms with Crippen LogP contribution >= 0.6 is 39.1 Å². The van der Waals surface area contributed by atoms with Gasteiger partial charge in [0.15, 0.2) is 0 Å². The molecular weight excluding hydrogens is 351 g/mol. The highest BCUT2D eigenvalue weighted by Crippen LogP contribution is 2.24. The smallest absolute Gasteiger partial charge is 0.255 e. The van der Waals surface area contributed by atoms with Gasteiger partial charge in [0, 0.05) is 10.0 Å². The maximum Gasteiger partial charge on any atom is 0.255 e. The maximum atomic E-state index is 12.0. The third-order valence-corrected chi connectivity index (χ3v) is 4.06. The molecule has 0 fully saturated rings. The Labute approximate surface area is 129 Å². The molecule has 0 saturated carbocycles. The molecule has 98 valence electrons. The maximum absolute atomic E-state index is 12.0. The molecule has 0 atom stereocenters. The van der Waals surface area contributed by atoms with Gasteiger partial charge in [-0.05, 0) is 52.7 Å². The van der Waals surface area contributed by atoms with Crippen LogP contribution in [0.5, 0.6) is 0 Å². The molecule has 1 aromatic heterocycles. The lowest BCUT2D eigenvalue weighted by Gasteiger charge is -2.07. The highest BCUT2D eigenvalue weighted by molar-refractivity contribution is 9.10. The summed E-state index contributed by atoms with van der Waals surface area (Å²) in [7, 11) is 0. The number of aryl methyl sites for hydroxylation is 1. The fraction of sp³-hybridized carbons (Fsp3) is 0.0769. The molecule has 0 aliphatic carbocycles. The van der Waals surface area contributed by atoms with E-state index in [1.54, 1.807) is 24.3 Å². The first-order valence-corrected chi connectivity index (χ1v) is 6.91. The Kier molecular flexibility index (Phi) is 4.45. The molecular formula is C13H9BrCl2N2O. The summed E-state index contributed by atoms with van der Waals surface area (Å²) < 4.78 is 0.673. The number of carbonyl (C=O) groups is 1. The van der Waals surface area contributed by atoms with Gasteiger partial charge in [-0.2, -0.15) is 0 Å². The molecule has 0 radical (unpaired) electrons. The van der Waals surface area contributed by atoms with Crippen molar-refractivity contribution in [3.05, 3.63) is 56.2 Å². The number of amides is 1. The van der Waals surface area contributed by atoms with E-state index in [0.717, 1.165) is 5.56 Å². The van der Waals surface area contributed by atoms with E-state index in [9.17, 15) is 4.79 Å². The van der Waals surface area contributed by atoms with Gasteiger partial charge < -0.3 is 5.32 Å². The van der Waals surface area contributed by atoms with E-state index in [4.69, 9.17) is 23.2 Å². The van der Waals surface area contributed by atoms with E-state index >= 15 is 0 Å². The number of benzene rings is 1. The van der Waals surface area contributed by atoms with Crippen molar-refractivity contribution in [3.8, 4) is 0 Å². The van der Waals surface area contributed by atoms with Gasteiger partial charge in [-0.1, -0.05) is 23.2 Å². The van der Waals surface area contributed by atoms with E-state index < -0.39 is 0 Å². The Bertz CT molecular complexity index is 647. The normalized spacial score (nSPS) is 10.3. The van der Waals surface area contributed by atoms with Crippen LogP contribution in [0.3, 0.4) is 0 Å². The second-order valence-corrected chi connectivity index (χ2v) is 5.53. The minimum Gasteiger partial charge on any atom is -0.321 e. The Hall–Kier alpha value is -1.10. The Morgan fingerprint density at radius 1 is 1.32 bits per heavy atom.